The Morgan fingerprint density at radius 1 is 1.28 bits per heavy atom. The van der Waals surface area contributed by atoms with E-state index in [1.165, 1.54) is 0 Å². The second-order valence-electron chi connectivity index (χ2n) is 5.66. The molecule has 102 valence electrons. The first-order valence-electron chi connectivity index (χ1n) is 6.65. The highest BCUT2D eigenvalue weighted by atomic mass is 16.5. The number of hydrogen-bond acceptors (Lipinski definition) is 5. The lowest BCUT2D eigenvalue weighted by atomic mass is 9.89. The largest absolute Gasteiger partial charge is 0.374 e. The number of rotatable bonds is 3. The summed E-state index contributed by atoms with van der Waals surface area (Å²) in [4.78, 5) is 4.49. The first-order valence-corrected chi connectivity index (χ1v) is 6.65. The van der Waals surface area contributed by atoms with Crippen molar-refractivity contribution in [3.05, 3.63) is 11.7 Å². The van der Waals surface area contributed by atoms with Crippen molar-refractivity contribution < 1.29 is 9.26 Å². The first kappa shape index (κ1) is 13.5. The van der Waals surface area contributed by atoms with Gasteiger partial charge in [-0.05, 0) is 33.1 Å². The topological polar surface area (TPSA) is 74.2 Å². The molecule has 1 aliphatic heterocycles. The van der Waals surface area contributed by atoms with Gasteiger partial charge in [-0.25, -0.2) is 0 Å². The molecule has 5 heteroatoms. The molecule has 5 nitrogen and oxygen atoms in total. The van der Waals surface area contributed by atoms with E-state index in [0.29, 0.717) is 17.6 Å². The van der Waals surface area contributed by atoms with Gasteiger partial charge in [-0.15, -0.1) is 0 Å². The molecule has 0 aliphatic carbocycles. The SMILES string of the molecule is CCC(C)(N)c1noc(C2C(C)OC(C)C2C)n1. The smallest absolute Gasteiger partial charge is 0.232 e. The van der Waals surface area contributed by atoms with Gasteiger partial charge in [0.25, 0.3) is 0 Å². The van der Waals surface area contributed by atoms with Gasteiger partial charge < -0.3 is 15.0 Å². The van der Waals surface area contributed by atoms with E-state index in [1.54, 1.807) is 0 Å². The zero-order valence-corrected chi connectivity index (χ0v) is 11.8. The highest BCUT2D eigenvalue weighted by Gasteiger charge is 2.42. The minimum Gasteiger partial charge on any atom is -0.374 e. The Morgan fingerprint density at radius 2 is 1.94 bits per heavy atom. The lowest BCUT2D eigenvalue weighted by molar-refractivity contribution is 0.0542. The van der Waals surface area contributed by atoms with Crippen LogP contribution in [0.2, 0.25) is 0 Å². The Kier molecular flexibility index (Phi) is 3.47. The predicted octanol–water partition coefficient (Wildman–Crippen LogP) is 2.18. The van der Waals surface area contributed by atoms with E-state index in [2.05, 4.69) is 30.9 Å². The molecule has 2 heterocycles. The molecule has 0 aromatic carbocycles. The van der Waals surface area contributed by atoms with Crippen molar-refractivity contribution in [2.75, 3.05) is 0 Å². The third-order valence-electron chi connectivity index (χ3n) is 4.21. The van der Waals surface area contributed by atoms with Crippen molar-refractivity contribution in [3.8, 4) is 0 Å². The molecule has 18 heavy (non-hydrogen) atoms. The van der Waals surface area contributed by atoms with E-state index in [1.807, 2.05) is 13.8 Å². The minimum absolute atomic E-state index is 0.106. The summed E-state index contributed by atoms with van der Waals surface area (Å²) in [6.07, 6.45) is 1.10. The monoisotopic (exact) mass is 253 g/mol. The molecule has 1 saturated heterocycles. The molecule has 0 saturated carbocycles. The maximum atomic E-state index is 6.13. The first-order chi connectivity index (χ1) is 8.36. The van der Waals surface area contributed by atoms with E-state index in [0.717, 1.165) is 6.42 Å². The highest BCUT2D eigenvalue weighted by Crippen LogP contribution is 2.39. The summed E-state index contributed by atoms with van der Waals surface area (Å²) in [6.45, 7) is 10.2. The van der Waals surface area contributed by atoms with Crippen LogP contribution in [0.4, 0.5) is 0 Å². The summed E-state index contributed by atoms with van der Waals surface area (Å²) in [5, 5.41) is 4.03. The molecule has 0 spiro atoms. The average Bonchev–Trinajstić information content (AvgIpc) is 2.86. The van der Waals surface area contributed by atoms with Crippen molar-refractivity contribution in [1.29, 1.82) is 0 Å². The lowest BCUT2D eigenvalue weighted by Crippen LogP contribution is -2.33. The zero-order valence-electron chi connectivity index (χ0n) is 11.8. The Balaban J connectivity index is 2.25. The number of hydrogen-bond donors (Lipinski definition) is 1. The summed E-state index contributed by atoms with van der Waals surface area (Å²) < 4.78 is 11.2. The normalized spacial score (nSPS) is 35.7. The number of nitrogens with zero attached hydrogens (tertiary/aromatic N) is 2. The van der Waals surface area contributed by atoms with Crippen molar-refractivity contribution in [3.63, 3.8) is 0 Å². The van der Waals surface area contributed by atoms with Crippen LogP contribution in [0.3, 0.4) is 0 Å². The second kappa shape index (κ2) is 4.63. The Labute approximate surface area is 108 Å². The maximum absolute atomic E-state index is 6.13. The molecule has 1 aliphatic rings. The van der Waals surface area contributed by atoms with E-state index in [9.17, 15) is 0 Å². The van der Waals surface area contributed by atoms with Crippen LogP contribution in [0.15, 0.2) is 4.52 Å². The fourth-order valence-corrected chi connectivity index (χ4v) is 2.45. The molecule has 1 aromatic rings. The standard InChI is InChI=1S/C13H23N3O2/c1-6-13(5,14)12-15-11(18-16-12)10-7(2)8(3)17-9(10)4/h7-10H,6,14H2,1-5H3. The van der Waals surface area contributed by atoms with Crippen LogP contribution >= 0.6 is 0 Å². The molecule has 1 fully saturated rings. The van der Waals surface area contributed by atoms with E-state index in [4.69, 9.17) is 15.0 Å². The van der Waals surface area contributed by atoms with Crippen molar-refractivity contribution in [1.82, 2.24) is 10.1 Å². The molecule has 0 bridgehead atoms. The summed E-state index contributed by atoms with van der Waals surface area (Å²) >= 11 is 0. The van der Waals surface area contributed by atoms with Gasteiger partial charge in [0.15, 0.2) is 5.82 Å². The molecule has 1 aromatic heterocycles. The van der Waals surface area contributed by atoms with Crippen molar-refractivity contribution >= 4 is 0 Å². The van der Waals surface area contributed by atoms with Gasteiger partial charge in [0, 0.05) is 0 Å². The van der Waals surface area contributed by atoms with Gasteiger partial charge >= 0.3 is 0 Å². The van der Waals surface area contributed by atoms with E-state index >= 15 is 0 Å². The number of aromatic nitrogens is 2. The highest BCUT2D eigenvalue weighted by molar-refractivity contribution is 5.07. The molecular formula is C13H23N3O2. The van der Waals surface area contributed by atoms with Crippen molar-refractivity contribution in [2.45, 2.75) is 64.7 Å². The van der Waals surface area contributed by atoms with Gasteiger partial charge in [-0.1, -0.05) is 19.0 Å². The quantitative estimate of drug-likeness (QED) is 0.893. The third kappa shape index (κ3) is 2.17. The number of nitrogens with two attached hydrogens (primary N) is 1. The summed E-state index contributed by atoms with van der Waals surface area (Å²) in [6, 6.07) is 0. The van der Waals surface area contributed by atoms with Crippen LogP contribution in [0, 0.1) is 5.92 Å². The Hall–Kier alpha value is -0.940. The lowest BCUT2D eigenvalue weighted by Gasteiger charge is -2.17. The molecule has 2 N–H and O–H groups in total. The Bertz CT molecular complexity index is 416. The maximum Gasteiger partial charge on any atom is 0.232 e. The molecule has 2 rings (SSSR count). The van der Waals surface area contributed by atoms with Gasteiger partial charge in [0.2, 0.25) is 5.89 Å². The zero-order chi connectivity index (χ0) is 13.5. The average molecular weight is 253 g/mol. The fourth-order valence-electron chi connectivity index (χ4n) is 2.45. The van der Waals surface area contributed by atoms with Crippen LogP contribution in [0.25, 0.3) is 0 Å². The second-order valence-corrected chi connectivity index (χ2v) is 5.66. The molecule has 5 atom stereocenters. The molecule has 5 unspecified atom stereocenters. The minimum atomic E-state index is -0.528. The number of ether oxygens (including phenoxy) is 1. The summed E-state index contributed by atoms with van der Waals surface area (Å²) in [5.41, 5.74) is 5.60. The molecular weight excluding hydrogens is 230 g/mol. The van der Waals surface area contributed by atoms with Crippen molar-refractivity contribution in [2.24, 2.45) is 11.7 Å². The predicted molar refractivity (Wildman–Crippen MR) is 68.0 cm³/mol. The van der Waals surface area contributed by atoms with Crippen LogP contribution in [0.1, 0.15) is 58.7 Å². The summed E-state index contributed by atoms with van der Waals surface area (Å²) in [5.74, 6) is 1.77. The molecule has 0 radical (unpaired) electrons. The van der Waals surface area contributed by atoms with E-state index in [-0.39, 0.29) is 18.1 Å². The molecule has 0 amide bonds. The van der Waals surface area contributed by atoms with Gasteiger partial charge in [0.1, 0.15) is 0 Å². The van der Waals surface area contributed by atoms with Crippen LogP contribution in [-0.4, -0.2) is 22.3 Å². The van der Waals surface area contributed by atoms with Crippen LogP contribution in [-0.2, 0) is 10.3 Å². The fraction of sp³-hybridized carbons (Fsp3) is 0.846. The van der Waals surface area contributed by atoms with E-state index < -0.39 is 5.54 Å². The Morgan fingerprint density at radius 3 is 2.44 bits per heavy atom. The van der Waals surface area contributed by atoms with Crippen LogP contribution in [0.5, 0.6) is 0 Å². The third-order valence-corrected chi connectivity index (χ3v) is 4.21. The van der Waals surface area contributed by atoms with Gasteiger partial charge in [-0.2, -0.15) is 4.98 Å². The van der Waals surface area contributed by atoms with Gasteiger partial charge in [0.05, 0.1) is 23.7 Å². The van der Waals surface area contributed by atoms with Gasteiger partial charge in [-0.3, -0.25) is 0 Å². The summed E-state index contributed by atoms with van der Waals surface area (Å²) in [7, 11) is 0. The van der Waals surface area contributed by atoms with Crippen LogP contribution < -0.4 is 5.73 Å².